The van der Waals surface area contributed by atoms with Crippen LogP contribution in [0.25, 0.3) is 0 Å². The summed E-state index contributed by atoms with van der Waals surface area (Å²) in [5, 5.41) is 4.63. The smallest absolute Gasteiger partial charge is 0.422 e. The van der Waals surface area contributed by atoms with Crippen LogP contribution < -0.4 is 20.1 Å². The molecule has 0 fully saturated rings. The van der Waals surface area contributed by atoms with Gasteiger partial charge >= 0.3 is 18.4 Å². The number of alkyl halides is 6. The van der Waals surface area contributed by atoms with E-state index in [0.29, 0.717) is 11.3 Å². The van der Waals surface area contributed by atoms with Crippen LogP contribution in [0.1, 0.15) is 25.0 Å². The normalized spacial score (nSPS) is 12.3. The Kier molecular flexibility index (Phi) is 8.54. The van der Waals surface area contributed by atoms with Gasteiger partial charge in [0.15, 0.2) is 6.61 Å². The minimum Gasteiger partial charge on any atom is -0.454 e. The van der Waals surface area contributed by atoms with Crippen LogP contribution in [0.3, 0.4) is 0 Å². The third-order valence-electron chi connectivity index (χ3n) is 4.71. The number of halogens is 6. The molecule has 3 rings (SSSR count). The lowest BCUT2D eigenvalue weighted by molar-refractivity contribution is -0.154. The van der Waals surface area contributed by atoms with E-state index in [1.807, 2.05) is 0 Å². The van der Waals surface area contributed by atoms with Crippen LogP contribution in [0.5, 0.6) is 6.01 Å². The number of anilines is 4. The molecule has 0 aliphatic carbocycles. The zero-order valence-electron chi connectivity index (χ0n) is 19.9. The number of hydrogen-bond donors (Lipinski definition) is 3. The molecule has 16 heteroatoms. The summed E-state index contributed by atoms with van der Waals surface area (Å²) in [5.41, 5.74) is -0.0677. The second kappa shape index (κ2) is 11.3. The van der Waals surface area contributed by atoms with Gasteiger partial charge in [-0.05, 0) is 49.7 Å². The Morgan fingerprint density at radius 3 is 2.16 bits per heavy atom. The van der Waals surface area contributed by atoms with Gasteiger partial charge in [-0.15, -0.1) is 0 Å². The summed E-state index contributed by atoms with van der Waals surface area (Å²) in [5.74, 6) is -0.589. The summed E-state index contributed by atoms with van der Waals surface area (Å²) in [4.78, 5) is 11.5. The monoisotopic (exact) mass is 564 g/mol. The minimum atomic E-state index is -4.69. The predicted octanol–water partition coefficient (Wildman–Crippen LogP) is 5.34. The Morgan fingerprint density at radius 2 is 1.55 bits per heavy atom. The minimum absolute atomic E-state index is 0.0585. The summed E-state index contributed by atoms with van der Waals surface area (Å²) in [6, 6.07) is 9.56. The molecule has 0 radical (unpaired) electrons. The number of hydrogen-bond acceptors (Lipinski definition) is 8. The molecule has 0 amide bonds. The summed E-state index contributed by atoms with van der Waals surface area (Å²) in [6.07, 6.45) is -9.30. The standard InChI is InChI=1S/C22H22F6N6O3S/c1-13(2)38(35,36)34-16-8-6-14(7-9-16)11-29-18-31-19(33-20(32-18)37-12-21(23,24)25)30-17-5-3-4-15(10-17)22(26,27)28/h3-10,13,34H,11-12H2,1-2H3,(H2,29,30,31,32,33). The van der Waals surface area contributed by atoms with Gasteiger partial charge < -0.3 is 15.4 Å². The number of benzene rings is 2. The van der Waals surface area contributed by atoms with Crippen molar-refractivity contribution >= 4 is 33.3 Å². The molecule has 2 aromatic carbocycles. The van der Waals surface area contributed by atoms with E-state index in [4.69, 9.17) is 0 Å². The summed E-state index contributed by atoms with van der Waals surface area (Å²) < 4.78 is 108. The third-order valence-corrected chi connectivity index (χ3v) is 6.47. The first-order valence-electron chi connectivity index (χ1n) is 10.8. The van der Waals surface area contributed by atoms with E-state index >= 15 is 0 Å². The van der Waals surface area contributed by atoms with Crippen molar-refractivity contribution in [2.45, 2.75) is 38.0 Å². The van der Waals surface area contributed by atoms with Gasteiger partial charge in [-0.3, -0.25) is 4.72 Å². The van der Waals surface area contributed by atoms with Gasteiger partial charge in [0.25, 0.3) is 0 Å². The molecule has 38 heavy (non-hydrogen) atoms. The first-order chi connectivity index (χ1) is 17.6. The molecule has 3 aromatic rings. The van der Waals surface area contributed by atoms with Crippen LogP contribution in [0.15, 0.2) is 48.5 Å². The van der Waals surface area contributed by atoms with E-state index in [9.17, 15) is 34.8 Å². The van der Waals surface area contributed by atoms with Crippen LogP contribution in [0.4, 0.5) is 49.6 Å². The molecule has 0 bridgehead atoms. The molecule has 0 aliphatic heterocycles. The van der Waals surface area contributed by atoms with Crippen molar-refractivity contribution in [3.05, 3.63) is 59.7 Å². The topological polar surface area (TPSA) is 118 Å². The Morgan fingerprint density at radius 1 is 0.895 bits per heavy atom. The maximum absolute atomic E-state index is 13.0. The van der Waals surface area contributed by atoms with Gasteiger partial charge in [-0.25, -0.2) is 8.42 Å². The second-order valence-electron chi connectivity index (χ2n) is 8.12. The SMILES string of the molecule is CC(C)S(=O)(=O)Nc1ccc(CNc2nc(Nc3cccc(C(F)(F)F)c3)nc(OCC(F)(F)F)n2)cc1. The van der Waals surface area contributed by atoms with E-state index in [-0.39, 0.29) is 24.1 Å². The van der Waals surface area contributed by atoms with E-state index in [1.54, 1.807) is 12.1 Å². The largest absolute Gasteiger partial charge is 0.454 e. The Bertz CT molecular complexity index is 1350. The molecule has 0 saturated carbocycles. The number of aromatic nitrogens is 3. The highest BCUT2D eigenvalue weighted by molar-refractivity contribution is 7.93. The van der Waals surface area contributed by atoms with Crippen molar-refractivity contribution in [1.82, 2.24) is 15.0 Å². The lowest BCUT2D eigenvalue weighted by Crippen LogP contribution is -2.22. The summed E-state index contributed by atoms with van der Waals surface area (Å²) in [7, 11) is -3.54. The molecule has 1 heterocycles. The van der Waals surface area contributed by atoms with Crippen LogP contribution in [0, 0.1) is 0 Å². The first kappa shape index (κ1) is 28.7. The second-order valence-corrected chi connectivity index (χ2v) is 10.4. The molecule has 0 aliphatic rings. The summed E-state index contributed by atoms with van der Waals surface area (Å²) in [6.45, 7) is 1.41. The zero-order valence-corrected chi connectivity index (χ0v) is 20.7. The van der Waals surface area contributed by atoms with Gasteiger partial charge in [0, 0.05) is 17.9 Å². The van der Waals surface area contributed by atoms with Crippen LogP contribution in [-0.2, 0) is 22.7 Å². The van der Waals surface area contributed by atoms with Crippen LogP contribution >= 0.6 is 0 Å². The van der Waals surface area contributed by atoms with Crippen molar-refractivity contribution in [1.29, 1.82) is 0 Å². The van der Waals surface area contributed by atoms with Gasteiger partial charge in [-0.2, -0.15) is 41.3 Å². The highest BCUT2D eigenvalue weighted by atomic mass is 32.2. The number of sulfonamides is 1. The van der Waals surface area contributed by atoms with Gasteiger partial charge in [0.2, 0.25) is 21.9 Å². The average Bonchev–Trinajstić information content (AvgIpc) is 2.81. The molecule has 9 nitrogen and oxygen atoms in total. The van der Waals surface area contributed by atoms with Crippen molar-refractivity contribution in [3.63, 3.8) is 0 Å². The predicted molar refractivity (Wildman–Crippen MR) is 128 cm³/mol. The average molecular weight is 565 g/mol. The fraction of sp³-hybridized carbons (Fsp3) is 0.318. The molecule has 0 saturated heterocycles. The fourth-order valence-electron chi connectivity index (χ4n) is 2.76. The number of nitrogens with one attached hydrogen (secondary N) is 3. The number of rotatable bonds is 10. The van der Waals surface area contributed by atoms with Crippen molar-refractivity contribution < 1.29 is 39.5 Å². The molecular formula is C22H22F6N6O3S. The van der Waals surface area contributed by atoms with Gasteiger partial charge in [0.1, 0.15) is 0 Å². The third kappa shape index (κ3) is 8.64. The fourth-order valence-corrected chi connectivity index (χ4v) is 3.46. The molecule has 0 atom stereocenters. The lowest BCUT2D eigenvalue weighted by Gasteiger charge is -2.13. The van der Waals surface area contributed by atoms with Crippen molar-refractivity contribution in [2.75, 3.05) is 22.0 Å². The number of nitrogens with zero attached hydrogens (tertiary/aromatic N) is 3. The maximum Gasteiger partial charge on any atom is 0.422 e. The molecule has 0 spiro atoms. The maximum atomic E-state index is 13.0. The molecular weight excluding hydrogens is 542 g/mol. The van der Waals surface area contributed by atoms with Crippen LogP contribution in [0.2, 0.25) is 0 Å². The molecule has 1 aromatic heterocycles. The van der Waals surface area contributed by atoms with E-state index in [2.05, 4.69) is 35.0 Å². The van der Waals surface area contributed by atoms with E-state index < -0.39 is 45.8 Å². The number of ether oxygens (including phenoxy) is 1. The van der Waals surface area contributed by atoms with Gasteiger partial charge in [-0.1, -0.05) is 18.2 Å². The molecule has 3 N–H and O–H groups in total. The highest BCUT2D eigenvalue weighted by Crippen LogP contribution is 2.31. The van der Waals surface area contributed by atoms with Gasteiger partial charge in [0.05, 0.1) is 10.8 Å². The Labute approximate surface area is 213 Å². The zero-order chi connectivity index (χ0) is 28.1. The molecule has 0 unspecified atom stereocenters. The molecule has 206 valence electrons. The summed E-state index contributed by atoms with van der Waals surface area (Å²) >= 11 is 0. The quantitative estimate of drug-likeness (QED) is 0.283. The van der Waals surface area contributed by atoms with Crippen molar-refractivity contribution in [2.24, 2.45) is 0 Å². The van der Waals surface area contributed by atoms with Crippen molar-refractivity contribution in [3.8, 4) is 6.01 Å². The van der Waals surface area contributed by atoms with E-state index in [1.165, 1.54) is 32.0 Å². The first-order valence-corrected chi connectivity index (χ1v) is 12.4. The van der Waals surface area contributed by atoms with E-state index in [0.717, 1.165) is 18.2 Å². The lowest BCUT2D eigenvalue weighted by atomic mass is 10.2. The Balaban J connectivity index is 1.78. The Hall–Kier alpha value is -3.82. The van der Waals surface area contributed by atoms with Crippen LogP contribution in [-0.4, -0.2) is 41.4 Å². The highest BCUT2D eigenvalue weighted by Gasteiger charge is 2.31.